The monoisotopic (exact) mass is 253 g/mol. The molecule has 2 aromatic rings. The van der Waals surface area contributed by atoms with Crippen molar-refractivity contribution in [2.24, 2.45) is 5.73 Å². The number of carbonyl (C=O) groups is 1. The summed E-state index contributed by atoms with van der Waals surface area (Å²) in [5.74, 6) is -0.406. The molecule has 0 bridgehead atoms. The third-order valence-electron chi connectivity index (χ3n) is 3.62. The number of hydrogen-bond acceptors (Lipinski definition) is 2. The van der Waals surface area contributed by atoms with Gasteiger partial charge in [0, 0.05) is 23.8 Å². The van der Waals surface area contributed by atoms with Gasteiger partial charge in [-0.15, -0.1) is 0 Å². The van der Waals surface area contributed by atoms with Crippen molar-refractivity contribution in [1.82, 2.24) is 4.98 Å². The SMILES string of the molecule is C=CC(=C)N1CCc2cc(C(N)=O)c3[nH]ccc3c21. The van der Waals surface area contributed by atoms with Gasteiger partial charge >= 0.3 is 0 Å². The van der Waals surface area contributed by atoms with Crippen LogP contribution in [0.3, 0.4) is 0 Å². The van der Waals surface area contributed by atoms with E-state index in [-0.39, 0.29) is 0 Å². The normalized spacial score (nSPS) is 13.6. The number of rotatable bonds is 3. The number of amides is 1. The highest BCUT2D eigenvalue weighted by molar-refractivity contribution is 6.10. The molecule has 0 saturated heterocycles. The Morgan fingerprint density at radius 3 is 3.00 bits per heavy atom. The molecule has 0 fully saturated rings. The Morgan fingerprint density at radius 2 is 2.32 bits per heavy atom. The van der Waals surface area contributed by atoms with Crippen LogP contribution >= 0.6 is 0 Å². The molecule has 19 heavy (non-hydrogen) atoms. The molecule has 4 heteroatoms. The van der Waals surface area contributed by atoms with Gasteiger partial charge in [0.05, 0.1) is 16.8 Å². The van der Waals surface area contributed by atoms with Crippen LogP contribution in [0.25, 0.3) is 10.9 Å². The molecule has 96 valence electrons. The van der Waals surface area contributed by atoms with Gasteiger partial charge in [-0.05, 0) is 30.2 Å². The average molecular weight is 253 g/mol. The number of nitrogens with two attached hydrogens (primary N) is 1. The van der Waals surface area contributed by atoms with Gasteiger partial charge in [0.15, 0.2) is 0 Å². The van der Waals surface area contributed by atoms with Crippen LogP contribution in [0, 0.1) is 0 Å². The molecule has 3 N–H and O–H groups in total. The smallest absolute Gasteiger partial charge is 0.250 e. The van der Waals surface area contributed by atoms with Crippen molar-refractivity contribution in [3.05, 3.63) is 54.4 Å². The maximum atomic E-state index is 11.5. The molecule has 1 aliphatic rings. The zero-order valence-corrected chi connectivity index (χ0v) is 10.6. The predicted molar refractivity (Wildman–Crippen MR) is 77.2 cm³/mol. The minimum absolute atomic E-state index is 0.406. The second-order valence-corrected chi connectivity index (χ2v) is 4.66. The molecule has 2 heterocycles. The van der Waals surface area contributed by atoms with Crippen LogP contribution in [0.2, 0.25) is 0 Å². The van der Waals surface area contributed by atoms with E-state index < -0.39 is 5.91 Å². The lowest BCUT2D eigenvalue weighted by Crippen LogP contribution is -2.18. The number of anilines is 1. The van der Waals surface area contributed by atoms with Gasteiger partial charge in [-0.2, -0.15) is 0 Å². The Kier molecular flexibility index (Phi) is 2.45. The highest BCUT2D eigenvalue weighted by Gasteiger charge is 2.25. The van der Waals surface area contributed by atoms with Gasteiger partial charge in [-0.1, -0.05) is 13.2 Å². The molecule has 1 aromatic carbocycles. The van der Waals surface area contributed by atoms with Crippen molar-refractivity contribution in [2.75, 3.05) is 11.4 Å². The Morgan fingerprint density at radius 1 is 1.53 bits per heavy atom. The van der Waals surface area contributed by atoms with Crippen molar-refractivity contribution < 1.29 is 4.79 Å². The third kappa shape index (κ3) is 1.57. The summed E-state index contributed by atoms with van der Waals surface area (Å²) in [6, 6.07) is 3.85. The molecule has 1 aromatic heterocycles. The van der Waals surface area contributed by atoms with Crippen LogP contribution < -0.4 is 10.6 Å². The molecule has 0 saturated carbocycles. The van der Waals surface area contributed by atoms with Crippen molar-refractivity contribution >= 4 is 22.5 Å². The first-order valence-corrected chi connectivity index (χ1v) is 6.15. The molecule has 4 nitrogen and oxygen atoms in total. The minimum atomic E-state index is -0.406. The lowest BCUT2D eigenvalue weighted by Gasteiger charge is -2.20. The van der Waals surface area contributed by atoms with E-state index in [9.17, 15) is 4.79 Å². The molecular formula is C15H15N3O. The Labute approximate surface area is 111 Å². The van der Waals surface area contributed by atoms with E-state index in [1.54, 1.807) is 6.08 Å². The van der Waals surface area contributed by atoms with Crippen LogP contribution in [0.1, 0.15) is 15.9 Å². The van der Waals surface area contributed by atoms with Gasteiger partial charge < -0.3 is 15.6 Å². The minimum Gasteiger partial charge on any atom is -0.366 e. The van der Waals surface area contributed by atoms with Crippen LogP contribution in [0.4, 0.5) is 5.69 Å². The zero-order valence-electron chi connectivity index (χ0n) is 10.6. The van der Waals surface area contributed by atoms with Crippen molar-refractivity contribution in [2.45, 2.75) is 6.42 Å². The largest absolute Gasteiger partial charge is 0.366 e. The number of nitrogens with zero attached hydrogens (tertiary/aromatic N) is 1. The average Bonchev–Trinajstić information content (AvgIpc) is 3.01. The van der Waals surface area contributed by atoms with Gasteiger partial charge in [-0.25, -0.2) is 0 Å². The Balaban J connectivity index is 2.30. The van der Waals surface area contributed by atoms with E-state index in [0.29, 0.717) is 5.56 Å². The number of benzene rings is 1. The number of fused-ring (bicyclic) bond motifs is 3. The number of carbonyl (C=O) groups excluding carboxylic acids is 1. The number of aromatic nitrogens is 1. The topological polar surface area (TPSA) is 62.1 Å². The highest BCUT2D eigenvalue weighted by Crippen LogP contribution is 2.39. The van der Waals surface area contributed by atoms with Crippen molar-refractivity contribution in [1.29, 1.82) is 0 Å². The first kappa shape index (κ1) is 11.6. The Hall–Kier alpha value is -2.49. The summed E-state index contributed by atoms with van der Waals surface area (Å²) in [6.07, 6.45) is 4.45. The summed E-state index contributed by atoms with van der Waals surface area (Å²) >= 11 is 0. The lowest BCUT2D eigenvalue weighted by atomic mass is 10.0. The molecule has 0 aliphatic carbocycles. The number of hydrogen-bond donors (Lipinski definition) is 2. The van der Waals surface area contributed by atoms with Gasteiger partial charge in [0.25, 0.3) is 5.91 Å². The van der Waals surface area contributed by atoms with E-state index in [0.717, 1.165) is 40.8 Å². The highest BCUT2D eigenvalue weighted by atomic mass is 16.1. The fourth-order valence-electron chi connectivity index (χ4n) is 2.72. The van der Waals surface area contributed by atoms with Crippen molar-refractivity contribution in [3.63, 3.8) is 0 Å². The Bertz CT molecular complexity index is 711. The summed E-state index contributed by atoms with van der Waals surface area (Å²) in [7, 11) is 0. The molecule has 0 atom stereocenters. The van der Waals surface area contributed by atoms with Crippen LogP contribution in [-0.2, 0) is 6.42 Å². The number of primary amides is 1. The fourth-order valence-corrected chi connectivity index (χ4v) is 2.72. The first-order valence-electron chi connectivity index (χ1n) is 6.15. The van der Waals surface area contributed by atoms with Gasteiger partial charge in [0.1, 0.15) is 0 Å². The van der Waals surface area contributed by atoms with Gasteiger partial charge in [-0.3, -0.25) is 4.79 Å². The molecule has 1 amide bonds. The maximum absolute atomic E-state index is 11.5. The number of aromatic amines is 1. The van der Waals surface area contributed by atoms with E-state index >= 15 is 0 Å². The second kappa shape index (κ2) is 4.02. The third-order valence-corrected chi connectivity index (χ3v) is 3.62. The maximum Gasteiger partial charge on any atom is 0.250 e. The fraction of sp³-hybridized carbons (Fsp3) is 0.133. The molecular weight excluding hydrogens is 238 g/mol. The van der Waals surface area contributed by atoms with Crippen LogP contribution in [0.15, 0.2) is 43.3 Å². The summed E-state index contributed by atoms with van der Waals surface area (Å²) in [4.78, 5) is 16.8. The first-order chi connectivity index (χ1) is 9.13. The molecule has 1 aliphatic heterocycles. The molecule has 3 rings (SSSR count). The number of H-pyrrole nitrogens is 1. The predicted octanol–water partition coefficient (Wildman–Crippen LogP) is 2.33. The van der Waals surface area contributed by atoms with Crippen LogP contribution in [-0.4, -0.2) is 17.4 Å². The summed E-state index contributed by atoms with van der Waals surface area (Å²) < 4.78 is 0. The number of nitrogens with one attached hydrogen (secondary N) is 1. The van der Waals surface area contributed by atoms with E-state index in [4.69, 9.17) is 5.73 Å². The van der Waals surface area contributed by atoms with E-state index in [1.165, 1.54) is 0 Å². The van der Waals surface area contributed by atoms with Gasteiger partial charge in [0.2, 0.25) is 0 Å². The summed E-state index contributed by atoms with van der Waals surface area (Å²) in [5.41, 5.74) is 9.88. The summed E-state index contributed by atoms with van der Waals surface area (Å²) in [5, 5.41) is 1.01. The second-order valence-electron chi connectivity index (χ2n) is 4.66. The molecule has 0 radical (unpaired) electrons. The number of allylic oxidation sites excluding steroid dienone is 1. The molecule has 0 spiro atoms. The standard InChI is InChI=1S/C15H15N3O/c1-3-9(2)18-7-5-10-8-12(15(16)19)13-11(14(10)18)4-6-17-13/h3-4,6,8,17H,1-2,5,7H2,(H2,16,19). The van der Waals surface area contributed by atoms with Crippen molar-refractivity contribution in [3.8, 4) is 0 Å². The lowest BCUT2D eigenvalue weighted by molar-refractivity contribution is 0.100. The van der Waals surface area contributed by atoms with E-state index in [2.05, 4.69) is 23.0 Å². The van der Waals surface area contributed by atoms with E-state index in [1.807, 2.05) is 18.3 Å². The quantitative estimate of drug-likeness (QED) is 0.825. The zero-order chi connectivity index (χ0) is 13.6. The molecule has 0 unspecified atom stereocenters. The van der Waals surface area contributed by atoms with Crippen LogP contribution in [0.5, 0.6) is 0 Å². The summed E-state index contributed by atoms with van der Waals surface area (Å²) in [6.45, 7) is 8.63.